The third-order valence-corrected chi connectivity index (χ3v) is 6.38. The minimum atomic E-state index is -1.03. The zero-order chi connectivity index (χ0) is 29.8. The van der Waals surface area contributed by atoms with E-state index in [1.165, 1.54) is 12.2 Å². The summed E-state index contributed by atoms with van der Waals surface area (Å²) in [6.07, 6.45) is 16.5. The number of cyclic esters (lactones) is 1. The van der Waals surface area contributed by atoms with Crippen LogP contribution in [0.15, 0.2) is 72.9 Å². The first-order valence-corrected chi connectivity index (χ1v) is 13.9. The number of carboxylic acid groups (broad SMARTS) is 1. The number of rotatable bonds is 1. The Kier molecular flexibility index (Phi) is 18.5. The Labute approximate surface area is 237 Å². The summed E-state index contributed by atoms with van der Waals surface area (Å²) in [6.45, 7) is 2.10. The molecule has 1 heterocycles. The molecule has 0 amide bonds. The van der Waals surface area contributed by atoms with Crippen molar-refractivity contribution in [3.63, 3.8) is 0 Å². The van der Waals surface area contributed by atoms with E-state index in [0.29, 0.717) is 12.8 Å². The summed E-state index contributed by atoms with van der Waals surface area (Å²) in [4.78, 5) is 23.4. The van der Waals surface area contributed by atoms with Crippen molar-refractivity contribution in [3.05, 3.63) is 72.9 Å². The van der Waals surface area contributed by atoms with Crippen LogP contribution >= 0.6 is 0 Å². The molecule has 9 nitrogen and oxygen atoms in total. The third-order valence-electron chi connectivity index (χ3n) is 6.38. The molecule has 9 heteroatoms. The highest BCUT2D eigenvalue weighted by Crippen LogP contribution is 2.19. The van der Waals surface area contributed by atoms with E-state index >= 15 is 0 Å². The molecular weight excluding hydrogens is 516 g/mol. The summed E-state index contributed by atoms with van der Waals surface area (Å²) in [7, 11) is 0. The van der Waals surface area contributed by atoms with Crippen LogP contribution in [-0.2, 0) is 14.3 Å². The van der Waals surface area contributed by atoms with Crippen molar-refractivity contribution < 1.29 is 45.0 Å². The van der Waals surface area contributed by atoms with Gasteiger partial charge >= 0.3 is 11.9 Å². The van der Waals surface area contributed by atoms with Crippen LogP contribution in [0.3, 0.4) is 0 Å². The van der Waals surface area contributed by atoms with Crippen LogP contribution in [0.1, 0.15) is 58.3 Å². The molecule has 0 radical (unpaired) electrons. The number of carbonyl (C=O) groups is 2. The van der Waals surface area contributed by atoms with Crippen LogP contribution in [-0.4, -0.2) is 79.7 Å². The third kappa shape index (κ3) is 18.5. The molecule has 1 aliphatic rings. The lowest BCUT2D eigenvalue weighted by molar-refractivity contribution is -0.140. The summed E-state index contributed by atoms with van der Waals surface area (Å²) in [6, 6.07) is 0. The molecule has 0 saturated carbocycles. The Morgan fingerprint density at radius 1 is 0.650 bits per heavy atom. The molecule has 0 spiro atoms. The normalized spacial score (nSPS) is 36.2. The number of allylic oxidation sites excluding steroid dienone is 10. The van der Waals surface area contributed by atoms with Crippen molar-refractivity contribution in [2.45, 2.75) is 88.8 Å². The first-order chi connectivity index (χ1) is 19.1. The predicted octanol–water partition coefficient (Wildman–Crippen LogP) is 3.14. The van der Waals surface area contributed by atoms with Crippen molar-refractivity contribution in [1.82, 2.24) is 0 Å². The van der Waals surface area contributed by atoms with Crippen LogP contribution in [0.5, 0.6) is 0 Å². The molecule has 1 aliphatic heterocycles. The van der Waals surface area contributed by atoms with Crippen molar-refractivity contribution in [2.24, 2.45) is 11.8 Å². The van der Waals surface area contributed by atoms with Gasteiger partial charge in [0.1, 0.15) is 0 Å². The van der Waals surface area contributed by atoms with Gasteiger partial charge in [0.2, 0.25) is 0 Å². The highest BCUT2D eigenvalue weighted by Gasteiger charge is 2.22. The fourth-order valence-electron chi connectivity index (χ4n) is 4.13. The second kappa shape index (κ2) is 21.0. The maximum atomic E-state index is 11.9. The second-order valence-electron chi connectivity index (χ2n) is 10.3. The number of ether oxygens (including phenoxy) is 1. The highest BCUT2D eigenvalue weighted by molar-refractivity contribution is 5.82. The first-order valence-electron chi connectivity index (χ1n) is 13.9. The molecule has 0 unspecified atom stereocenters. The standard InChI is InChI=1S/C31H46O9/c1-23-14-16-25(32)18-27(34)20-29(36)21-28(35)19-26(33)17-15-24(31(38)39)12-10-8-6-4-2-3-5-7-9-11-13-30(37)40-22-23/h2-13,23-29,32-36H,14-22H2,1H3,(H,38,39)/b4-2+,5-3+,8-6+,9-7+,12-10-,13-11+/t23-,24-,25-,26-,27+,28+,29-/m0/s1. The Balaban J connectivity index is 2.81. The van der Waals surface area contributed by atoms with Gasteiger partial charge in [-0.15, -0.1) is 0 Å². The number of esters is 1. The van der Waals surface area contributed by atoms with Gasteiger partial charge in [-0.3, -0.25) is 4.79 Å². The minimum Gasteiger partial charge on any atom is -0.481 e. The molecule has 224 valence electrons. The molecule has 40 heavy (non-hydrogen) atoms. The summed E-state index contributed by atoms with van der Waals surface area (Å²) >= 11 is 0. The Bertz CT molecular complexity index is 902. The van der Waals surface area contributed by atoms with Gasteiger partial charge in [0.15, 0.2) is 0 Å². The Morgan fingerprint density at radius 2 is 1.07 bits per heavy atom. The number of hydrogen-bond acceptors (Lipinski definition) is 8. The maximum Gasteiger partial charge on any atom is 0.330 e. The van der Waals surface area contributed by atoms with Gasteiger partial charge < -0.3 is 35.4 Å². The summed E-state index contributed by atoms with van der Waals surface area (Å²) < 4.78 is 5.22. The zero-order valence-electron chi connectivity index (χ0n) is 23.2. The quantitative estimate of drug-likeness (QED) is 0.263. The van der Waals surface area contributed by atoms with Crippen molar-refractivity contribution >= 4 is 11.9 Å². The van der Waals surface area contributed by atoms with E-state index in [9.17, 15) is 40.2 Å². The predicted molar refractivity (Wildman–Crippen MR) is 153 cm³/mol. The summed E-state index contributed by atoms with van der Waals surface area (Å²) in [5, 5.41) is 60.7. The van der Waals surface area contributed by atoms with Crippen LogP contribution in [0.25, 0.3) is 0 Å². The van der Waals surface area contributed by atoms with Gasteiger partial charge in [-0.25, -0.2) is 4.79 Å². The van der Waals surface area contributed by atoms with E-state index in [2.05, 4.69) is 0 Å². The number of aliphatic carboxylic acids is 1. The maximum absolute atomic E-state index is 11.9. The van der Waals surface area contributed by atoms with Gasteiger partial charge in [0, 0.05) is 6.08 Å². The molecule has 0 aromatic heterocycles. The average molecular weight is 563 g/mol. The lowest BCUT2D eigenvalue weighted by atomic mass is 9.94. The van der Waals surface area contributed by atoms with Gasteiger partial charge in [-0.1, -0.05) is 73.8 Å². The van der Waals surface area contributed by atoms with Crippen LogP contribution in [0, 0.1) is 11.8 Å². The number of aliphatic hydroxyl groups is 5. The Morgan fingerprint density at radius 3 is 1.57 bits per heavy atom. The number of hydrogen-bond donors (Lipinski definition) is 6. The van der Waals surface area contributed by atoms with E-state index in [-0.39, 0.29) is 51.0 Å². The lowest BCUT2D eigenvalue weighted by Gasteiger charge is -2.22. The molecular formula is C31H46O9. The number of carbonyl (C=O) groups excluding carboxylic acids is 1. The lowest BCUT2D eigenvalue weighted by Crippen LogP contribution is -2.28. The van der Waals surface area contributed by atoms with Gasteiger partial charge in [-0.05, 0) is 57.3 Å². The SMILES string of the molecule is C[C@H]1CC[C@H](O)C[C@@H](O)C[C@H](O)C[C@H](O)C[C@@H](O)CC[C@@H](C(=O)O)\C=C/C=C/C=C/C=C/C=C/C=C/C(=O)OC1. The molecule has 1 rings (SSSR count). The fraction of sp³-hybridized carbons (Fsp3) is 0.548. The summed E-state index contributed by atoms with van der Waals surface area (Å²) in [5.74, 6) is -2.27. The van der Waals surface area contributed by atoms with E-state index in [0.717, 1.165) is 0 Å². The van der Waals surface area contributed by atoms with Crippen LogP contribution < -0.4 is 0 Å². The first kappa shape index (κ1) is 35.2. The van der Waals surface area contributed by atoms with Crippen LogP contribution in [0.2, 0.25) is 0 Å². The van der Waals surface area contributed by atoms with E-state index < -0.39 is 48.4 Å². The molecule has 0 bridgehead atoms. The van der Waals surface area contributed by atoms with Crippen molar-refractivity contribution in [2.75, 3.05) is 6.61 Å². The molecule has 7 atom stereocenters. The monoisotopic (exact) mass is 562 g/mol. The van der Waals surface area contributed by atoms with Gasteiger partial charge in [0.25, 0.3) is 0 Å². The minimum absolute atomic E-state index is 0.0113. The summed E-state index contributed by atoms with van der Waals surface area (Å²) in [5.41, 5.74) is 0. The fourth-order valence-corrected chi connectivity index (χ4v) is 4.13. The average Bonchev–Trinajstić information content (AvgIpc) is 2.87. The molecule has 0 fully saturated rings. The topological polar surface area (TPSA) is 165 Å². The van der Waals surface area contributed by atoms with Crippen molar-refractivity contribution in [1.29, 1.82) is 0 Å². The van der Waals surface area contributed by atoms with Gasteiger partial charge in [-0.2, -0.15) is 0 Å². The second-order valence-corrected chi connectivity index (χ2v) is 10.3. The molecule has 0 aromatic carbocycles. The van der Waals surface area contributed by atoms with E-state index in [4.69, 9.17) is 4.74 Å². The number of aliphatic hydroxyl groups excluding tert-OH is 5. The molecule has 6 N–H and O–H groups in total. The zero-order valence-corrected chi connectivity index (χ0v) is 23.2. The van der Waals surface area contributed by atoms with E-state index in [1.54, 1.807) is 60.8 Å². The molecule has 0 aliphatic carbocycles. The molecule has 0 saturated heterocycles. The van der Waals surface area contributed by atoms with Crippen molar-refractivity contribution in [3.8, 4) is 0 Å². The molecule has 0 aromatic rings. The van der Waals surface area contributed by atoms with Crippen LogP contribution in [0.4, 0.5) is 0 Å². The number of carboxylic acids is 1. The Hall–Kier alpha value is -2.82. The highest BCUT2D eigenvalue weighted by atomic mass is 16.5. The van der Waals surface area contributed by atoms with Gasteiger partial charge in [0.05, 0.1) is 43.0 Å². The largest absolute Gasteiger partial charge is 0.481 e. The smallest absolute Gasteiger partial charge is 0.330 e. The van der Waals surface area contributed by atoms with E-state index in [1.807, 2.05) is 6.92 Å².